The summed E-state index contributed by atoms with van der Waals surface area (Å²) < 4.78 is 7.27. The van der Waals surface area contributed by atoms with Crippen molar-refractivity contribution in [2.75, 3.05) is 7.05 Å². The zero-order chi connectivity index (χ0) is 18.1. The van der Waals surface area contributed by atoms with Crippen LogP contribution < -0.4 is 5.32 Å². The molecule has 4 rings (SSSR count). The van der Waals surface area contributed by atoms with Crippen molar-refractivity contribution in [3.63, 3.8) is 0 Å². The summed E-state index contributed by atoms with van der Waals surface area (Å²) in [5.41, 5.74) is 2.95. The summed E-state index contributed by atoms with van der Waals surface area (Å²) >= 11 is 0. The SMILES string of the molecule is CN(Cc1ccco1)C(=O)c1nn(C)c2c1C[C@@H](NC1CCCC1)CC2. The number of rotatable bonds is 5. The van der Waals surface area contributed by atoms with E-state index in [1.54, 1.807) is 11.2 Å². The highest BCUT2D eigenvalue weighted by Crippen LogP contribution is 2.27. The predicted octanol–water partition coefficient (Wildman–Crippen LogP) is 2.67. The first-order valence-electron chi connectivity index (χ1n) is 9.70. The molecule has 0 unspecified atom stereocenters. The molecule has 0 bridgehead atoms. The van der Waals surface area contributed by atoms with Crippen LogP contribution in [-0.4, -0.2) is 39.7 Å². The van der Waals surface area contributed by atoms with Crippen molar-refractivity contribution in [1.82, 2.24) is 20.0 Å². The molecule has 0 aliphatic heterocycles. The second-order valence-electron chi connectivity index (χ2n) is 7.73. The van der Waals surface area contributed by atoms with Crippen LogP contribution in [0.5, 0.6) is 0 Å². The van der Waals surface area contributed by atoms with Gasteiger partial charge in [0.2, 0.25) is 0 Å². The first kappa shape index (κ1) is 17.3. The average Bonchev–Trinajstić information content (AvgIpc) is 3.37. The number of aryl methyl sites for hydroxylation is 1. The number of aromatic nitrogens is 2. The number of hydrogen-bond donors (Lipinski definition) is 1. The monoisotopic (exact) mass is 356 g/mol. The van der Waals surface area contributed by atoms with Crippen LogP contribution in [-0.2, 0) is 26.4 Å². The quantitative estimate of drug-likeness (QED) is 0.895. The maximum Gasteiger partial charge on any atom is 0.274 e. The number of fused-ring (bicyclic) bond motifs is 1. The highest BCUT2D eigenvalue weighted by Gasteiger charge is 2.31. The van der Waals surface area contributed by atoms with Crippen LogP contribution in [0.4, 0.5) is 0 Å². The van der Waals surface area contributed by atoms with Gasteiger partial charge >= 0.3 is 0 Å². The number of amides is 1. The van der Waals surface area contributed by atoms with Crippen molar-refractivity contribution in [2.45, 2.75) is 63.6 Å². The van der Waals surface area contributed by atoms with Gasteiger partial charge in [-0.15, -0.1) is 0 Å². The summed E-state index contributed by atoms with van der Waals surface area (Å²) in [5, 5.41) is 8.40. The molecule has 26 heavy (non-hydrogen) atoms. The lowest BCUT2D eigenvalue weighted by molar-refractivity contribution is 0.0767. The molecule has 2 aliphatic carbocycles. The van der Waals surface area contributed by atoms with Crippen LogP contribution in [0.15, 0.2) is 22.8 Å². The molecule has 2 aromatic heterocycles. The van der Waals surface area contributed by atoms with Gasteiger partial charge < -0.3 is 14.6 Å². The molecular formula is C20H28N4O2. The topological polar surface area (TPSA) is 63.3 Å². The number of furan rings is 1. The van der Waals surface area contributed by atoms with Crippen molar-refractivity contribution >= 4 is 5.91 Å². The van der Waals surface area contributed by atoms with E-state index in [2.05, 4.69) is 10.4 Å². The molecule has 1 N–H and O–H groups in total. The Kier molecular flexibility index (Phi) is 4.85. The zero-order valence-corrected chi connectivity index (χ0v) is 15.7. The summed E-state index contributed by atoms with van der Waals surface area (Å²) in [6.45, 7) is 0.459. The van der Waals surface area contributed by atoms with Gasteiger partial charge in [0.15, 0.2) is 5.69 Å². The minimum Gasteiger partial charge on any atom is -0.467 e. The highest BCUT2D eigenvalue weighted by atomic mass is 16.3. The molecule has 0 spiro atoms. The van der Waals surface area contributed by atoms with E-state index in [1.807, 2.05) is 30.9 Å². The number of nitrogens with zero attached hydrogens (tertiary/aromatic N) is 3. The zero-order valence-electron chi connectivity index (χ0n) is 15.7. The van der Waals surface area contributed by atoms with E-state index in [0.29, 0.717) is 24.3 Å². The normalized spacial score (nSPS) is 20.3. The number of nitrogens with one attached hydrogen (secondary N) is 1. The van der Waals surface area contributed by atoms with Crippen LogP contribution >= 0.6 is 0 Å². The van der Waals surface area contributed by atoms with Gasteiger partial charge in [-0.05, 0) is 44.2 Å². The van der Waals surface area contributed by atoms with Crippen molar-refractivity contribution in [3.05, 3.63) is 41.1 Å². The number of carbonyl (C=O) groups excluding carboxylic acids is 1. The van der Waals surface area contributed by atoms with Crippen molar-refractivity contribution < 1.29 is 9.21 Å². The van der Waals surface area contributed by atoms with Gasteiger partial charge in [-0.1, -0.05) is 12.8 Å². The molecule has 1 saturated carbocycles. The van der Waals surface area contributed by atoms with Crippen molar-refractivity contribution in [3.8, 4) is 0 Å². The maximum absolute atomic E-state index is 13.0. The van der Waals surface area contributed by atoms with Gasteiger partial charge in [0.1, 0.15) is 5.76 Å². The Balaban J connectivity index is 1.50. The first-order chi connectivity index (χ1) is 12.6. The molecule has 0 saturated heterocycles. The minimum absolute atomic E-state index is 0.0280. The smallest absolute Gasteiger partial charge is 0.274 e. The fraction of sp³-hybridized carbons (Fsp3) is 0.600. The Bertz CT molecular complexity index is 759. The molecule has 2 aromatic rings. The Morgan fingerprint density at radius 1 is 1.35 bits per heavy atom. The van der Waals surface area contributed by atoms with E-state index < -0.39 is 0 Å². The molecule has 1 fully saturated rings. The van der Waals surface area contributed by atoms with E-state index in [-0.39, 0.29) is 5.91 Å². The van der Waals surface area contributed by atoms with Crippen LogP contribution in [0.3, 0.4) is 0 Å². The summed E-state index contributed by atoms with van der Waals surface area (Å²) in [7, 11) is 3.76. The van der Waals surface area contributed by atoms with Crippen molar-refractivity contribution in [2.24, 2.45) is 7.05 Å². The summed E-state index contributed by atoms with van der Waals surface area (Å²) in [6.07, 6.45) is 9.89. The third-order valence-electron chi connectivity index (χ3n) is 5.80. The van der Waals surface area contributed by atoms with Gasteiger partial charge in [0.05, 0.1) is 12.8 Å². The van der Waals surface area contributed by atoms with Crippen LogP contribution in [0.1, 0.15) is 59.6 Å². The van der Waals surface area contributed by atoms with Gasteiger partial charge in [0, 0.05) is 37.4 Å². The van der Waals surface area contributed by atoms with E-state index in [9.17, 15) is 4.79 Å². The predicted molar refractivity (Wildman–Crippen MR) is 98.9 cm³/mol. The average molecular weight is 356 g/mol. The van der Waals surface area contributed by atoms with Gasteiger partial charge in [-0.2, -0.15) is 5.10 Å². The summed E-state index contributed by atoms with van der Waals surface area (Å²) in [4.78, 5) is 14.7. The minimum atomic E-state index is -0.0280. The van der Waals surface area contributed by atoms with Crippen LogP contribution in [0.2, 0.25) is 0 Å². The van der Waals surface area contributed by atoms with E-state index in [0.717, 1.165) is 30.6 Å². The standard InChI is InChI=1S/C20H28N4O2/c1-23(13-16-8-5-11-26-16)20(25)19-17-12-15(21-14-6-3-4-7-14)9-10-18(17)24(2)22-19/h5,8,11,14-15,21H,3-4,6-7,9-10,12-13H2,1-2H3/t15-/m0/s1. The van der Waals surface area contributed by atoms with Crippen molar-refractivity contribution in [1.29, 1.82) is 0 Å². The Hall–Kier alpha value is -2.08. The second-order valence-corrected chi connectivity index (χ2v) is 7.73. The summed E-state index contributed by atoms with van der Waals surface area (Å²) in [5.74, 6) is 0.756. The van der Waals surface area contributed by atoms with Crippen LogP contribution in [0, 0.1) is 0 Å². The first-order valence-corrected chi connectivity index (χ1v) is 9.70. The highest BCUT2D eigenvalue weighted by molar-refractivity contribution is 5.94. The number of carbonyl (C=O) groups is 1. The largest absolute Gasteiger partial charge is 0.467 e. The lowest BCUT2D eigenvalue weighted by Gasteiger charge is -2.27. The molecule has 1 amide bonds. The van der Waals surface area contributed by atoms with Gasteiger partial charge in [-0.25, -0.2) is 0 Å². The Labute approximate surface area is 154 Å². The molecule has 1 atom stereocenters. The van der Waals surface area contributed by atoms with E-state index >= 15 is 0 Å². The lowest BCUT2D eigenvalue weighted by Crippen LogP contribution is -2.41. The molecule has 0 radical (unpaired) electrons. The van der Waals surface area contributed by atoms with E-state index in [4.69, 9.17) is 4.42 Å². The molecule has 2 aliphatic rings. The fourth-order valence-corrected chi connectivity index (χ4v) is 4.42. The van der Waals surface area contributed by atoms with Crippen LogP contribution in [0.25, 0.3) is 0 Å². The number of hydrogen-bond acceptors (Lipinski definition) is 4. The third kappa shape index (κ3) is 3.43. The molecule has 140 valence electrons. The van der Waals surface area contributed by atoms with E-state index in [1.165, 1.54) is 31.4 Å². The molecule has 2 heterocycles. The fourth-order valence-electron chi connectivity index (χ4n) is 4.42. The van der Waals surface area contributed by atoms with Gasteiger partial charge in [-0.3, -0.25) is 9.48 Å². The lowest BCUT2D eigenvalue weighted by atomic mass is 9.90. The second kappa shape index (κ2) is 7.27. The summed E-state index contributed by atoms with van der Waals surface area (Å²) in [6, 6.07) is 4.84. The Morgan fingerprint density at radius 2 is 2.15 bits per heavy atom. The molecular weight excluding hydrogens is 328 g/mol. The van der Waals surface area contributed by atoms with Gasteiger partial charge in [0.25, 0.3) is 5.91 Å². The molecule has 0 aromatic carbocycles. The molecule has 6 nitrogen and oxygen atoms in total. The molecule has 6 heteroatoms. The third-order valence-corrected chi connectivity index (χ3v) is 5.80. The maximum atomic E-state index is 13.0. The Morgan fingerprint density at radius 3 is 2.88 bits per heavy atom.